The van der Waals surface area contributed by atoms with Gasteiger partial charge in [0.25, 0.3) is 0 Å². The minimum Gasteiger partial charge on any atom is -0.488 e. The number of hydrogen-bond acceptors (Lipinski definition) is 5. The van der Waals surface area contributed by atoms with Gasteiger partial charge in [-0.1, -0.05) is 12.1 Å². The van der Waals surface area contributed by atoms with Crippen molar-refractivity contribution in [3.05, 3.63) is 53.4 Å². The lowest BCUT2D eigenvalue weighted by Crippen LogP contribution is -2.29. The molecular weight excluding hydrogens is 378 g/mol. The Morgan fingerprint density at radius 2 is 2.04 bits per heavy atom. The zero-order chi connectivity index (χ0) is 19.7. The van der Waals surface area contributed by atoms with Crippen LogP contribution in [-0.2, 0) is 4.74 Å². The Labute approximate surface area is 165 Å². The minimum atomic E-state index is -0.935. The lowest BCUT2D eigenvalue weighted by Gasteiger charge is -2.18. The third kappa shape index (κ3) is 3.53. The van der Waals surface area contributed by atoms with Crippen molar-refractivity contribution in [3.63, 3.8) is 0 Å². The predicted octanol–water partition coefficient (Wildman–Crippen LogP) is 4.49. The van der Waals surface area contributed by atoms with Gasteiger partial charge >= 0.3 is 12.1 Å². The van der Waals surface area contributed by atoms with Crippen LogP contribution in [0.15, 0.2) is 47.8 Å². The number of benzene rings is 2. The monoisotopic (exact) mass is 397 g/mol. The Balaban J connectivity index is 1.71. The van der Waals surface area contributed by atoms with E-state index in [0.717, 1.165) is 21.2 Å². The molecule has 7 heteroatoms. The number of esters is 1. The second-order valence-electron chi connectivity index (χ2n) is 6.63. The average molecular weight is 397 g/mol. The molecular formula is C21H19NO5S. The molecule has 0 bridgehead atoms. The summed E-state index contributed by atoms with van der Waals surface area (Å²) in [6, 6.07) is 13.3. The van der Waals surface area contributed by atoms with E-state index >= 15 is 0 Å². The van der Waals surface area contributed by atoms with Crippen LogP contribution in [0.5, 0.6) is 5.75 Å². The second-order valence-corrected chi connectivity index (χ2v) is 7.58. The van der Waals surface area contributed by atoms with Crippen molar-refractivity contribution in [1.82, 2.24) is 4.90 Å². The van der Waals surface area contributed by atoms with E-state index in [1.807, 2.05) is 17.5 Å². The van der Waals surface area contributed by atoms with Gasteiger partial charge in [0.1, 0.15) is 11.9 Å². The van der Waals surface area contributed by atoms with Crippen LogP contribution in [0.3, 0.4) is 0 Å². The van der Waals surface area contributed by atoms with E-state index in [-0.39, 0.29) is 6.10 Å². The number of fused-ring (bicyclic) bond motifs is 1. The molecule has 1 saturated heterocycles. The number of hydrogen-bond donors (Lipinski definition) is 1. The summed E-state index contributed by atoms with van der Waals surface area (Å²) in [7, 11) is 1.35. The number of carbonyl (C=O) groups is 2. The first-order valence-electron chi connectivity index (χ1n) is 8.89. The molecule has 1 amide bonds. The Hall–Kier alpha value is -3.06. The van der Waals surface area contributed by atoms with Crippen molar-refractivity contribution in [1.29, 1.82) is 0 Å². The number of carbonyl (C=O) groups excluding carboxylic acids is 1. The third-order valence-corrected chi connectivity index (χ3v) is 5.76. The van der Waals surface area contributed by atoms with Gasteiger partial charge < -0.3 is 19.5 Å². The Morgan fingerprint density at radius 3 is 2.79 bits per heavy atom. The number of thiophene rings is 1. The van der Waals surface area contributed by atoms with Crippen LogP contribution in [0.2, 0.25) is 0 Å². The number of nitrogens with zero attached hydrogens (tertiary/aromatic N) is 1. The maximum atomic E-state index is 12.0. The summed E-state index contributed by atoms with van der Waals surface area (Å²) < 4.78 is 12.1. The molecule has 0 aliphatic carbocycles. The fourth-order valence-corrected chi connectivity index (χ4v) is 4.23. The van der Waals surface area contributed by atoms with Gasteiger partial charge in [0.2, 0.25) is 0 Å². The average Bonchev–Trinajstić information content (AvgIpc) is 3.36. The van der Waals surface area contributed by atoms with Crippen molar-refractivity contribution >= 4 is 33.5 Å². The highest BCUT2D eigenvalue weighted by Gasteiger charge is 2.28. The van der Waals surface area contributed by atoms with Crippen LogP contribution in [-0.4, -0.2) is 48.4 Å². The van der Waals surface area contributed by atoms with Crippen LogP contribution in [0.25, 0.3) is 21.2 Å². The van der Waals surface area contributed by atoms with Crippen LogP contribution in [0, 0.1) is 0 Å². The molecule has 0 saturated carbocycles. The quantitative estimate of drug-likeness (QED) is 0.657. The van der Waals surface area contributed by atoms with Crippen molar-refractivity contribution in [2.75, 3.05) is 20.2 Å². The number of carboxylic acid groups (broad SMARTS) is 1. The van der Waals surface area contributed by atoms with E-state index in [1.165, 1.54) is 12.0 Å². The topological polar surface area (TPSA) is 76.1 Å². The maximum absolute atomic E-state index is 12.0. The first-order valence-corrected chi connectivity index (χ1v) is 9.77. The highest BCUT2D eigenvalue weighted by molar-refractivity contribution is 7.17. The Morgan fingerprint density at radius 1 is 1.18 bits per heavy atom. The lowest BCUT2D eigenvalue weighted by molar-refractivity contribution is 0.0600. The summed E-state index contributed by atoms with van der Waals surface area (Å²) in [5.41, 5.74) is 2.16. The summed E-state index contributed by atoms with van der Waals surface area (Å²) in [5.74, 6) is 0.212. The predicted molar refractivity (Wildman–Crippen MR) is 107 cm³/mol. The molecule has 2 aromatic carbocycles. The first-order chi connectivity index (χ1) is 13.5. The summed E-state index contributed by atoms with van der Waals surface area (Å²) in [4.78, 5) is 24.5. The highest BCUT2D eigenvalue weighted by Crippen LogP contribution is 2.35. The normalized spacial score (nSPS) is 16.3. The molecule has 6 nitrogen and oxygen atoms in total. The summed E-state index contributed by atoms with van der Waals surface area (Å²) >= 11 is 1.65. The molecule has 2 heterocycles. The summed E-state index contributed by atoms with van der Waals surface area (Å²) in [6.45, 7) is 0.786. The number of ether oxygens (including phenoxy) is 2. The zero-order valence-electron chi connectivity index (χ0n) is 15.3. The van der Waals surface area contributed by atoms with Crippen molar-refractivity contribution < 1.29 is 24.2 Å². The molecule has 0 spiro atoms. The summed E-state index contributed by atoms with van der Waals surface area (Å²) in [5, 5.41) is 12.4. The van der Waals surface area contributed by atoms with Gasteiger partial charge in [0.15, 0.2) is 0 Å². The van der Waals surface area contributed by atoms with Gasteiger partial charge in [-0.25, -0.2) is 9.59 Å². The van der Waals surface area contributed by atoms with E-state index < -0.39 is 12.1 Å². The Kier molecular flexibility index (Phi) is 4.92. The molecule has 4 rings (SSSR count). The number of methoxy groups -OCH3 is 1. The zero-order valence-corrected chi connectivity index (χ0v) is 16.1. The smallest absolute Gasteiger partial charge is 0.407 e. The fraction of sp³-hybridized carbons (Fsp3) is 0.238. The molecule has 144 valence electrons. The van der Waals surface area contributed by atoms with Gasteiger partial charge in [-0.2, -0.15) is 0 Å². The van der Waals surface area contributed by atoms with Crippen LogP contribution in [0.1, 0.15) is 16.8 Å². The molecule has 0 radical (unpaired) electrons. The molecule has 1 unspecified atom stereocenters. The van der Waals surface area contributed by atoms with E-state index in [2.05, 4.69) is 12.1 Å². The molecule has 1 atom stereocenters. The fourth-order valence-electron chi connectivity index (χ4n) is 3.40. The molecule has 1 aromatic heterocycles. The summed E-state index contributed by atoms with van der Waals surface area (Å²) in [6.07, 6.45) is -0.520. The second kappa shape index (κ2) is 7.52. The van der Waals surface area contributed by atoms with Crippen molar-refractivity contribution in [2.45, 2.75) is 12.5 Å². The highest BCUT2D eigenvalue weighted by atomic mass is 32.1. The van der Waals surface area contributed by atoms with Crippen LogP contribution in [0.4, 0.5) is 4.79 Å². The largest absolute Gasteiger partial charge is 0.488 e. The molecule has 1 N–H and O–H groups in total. The first kappa shape index (κ1) is 18.3. The van der Waals surface area contributed by atoms with Crippen LogP contribution >= 0.6 is 11.3 Å². The Bertz CT molecular complexity index is 1040. The number of likely N-dealkylation sites (tertiary alicyclic amines) is 1. The van der Waals surface area contributed by atoms with Crippen molar-refractivity contribution in [2.24, 2.45) is 0 Å². The van der Waals surface area contributed by atoms with Gasteiger partial charge in [-0.15, -0.1) is 11.3 Å². The molecule has 28 heavy (non-hydrogen) atoms. The maximum Gasteiger partial charge on any atom is 0.407 e. The van der Waals surface area contributed by atoms with E-state index in [9.17, 15) is 9.59 Å². The van der Waals surface area contributed by atoms with Crippen molar-refractivity contribution in [3.8, 4) is 16.9 Å². The third-order valence-electron chi connectivity index (χ3n) is 4.88. The van der Waals surface area contributed by atoms with Gasteiger partial charge in [-0.05, 0) is 46.7 Å². The lowest BCUT2D eigenvalue weighted by atomic mass is 10.0. The number of rotatable bonds is 4. The van der Waals surface area contributed by atoms with E-state index in [1.54, 1.807) is 29.5 Å². The van der Waals surface area contributed by atoms with Gasteiger partial charge in [0.05, 0.1) is 19.2 Å². The SMILES string of the molecule is COC(=O)c1ccc(OC2CCN(C(=O)O)C2)c(-c2ccc3ccsc3c2)c1. The van der Waals surface area contributed by atoms with E-state index in [0.29, 0.717) is 30.8 Å². The number of amides is 1. The van der Waals surface area contributed by atoms with Gasteiger partial charge in [0, 0.05) is 23.2 Å². The standard InChI is InChI=1S/C21H19NO5S/c1-26-20(23)15-4-5-18(27-16-6-8-22(12-16)21(24)25)17(10-15)14-3-2-13-7-9-28-19(13)11-14/h2-5,7,9-11,16H,6,8,12H2,1H3,(H,24,25). The minimum absolute atomic E-state index is 0.218. The van der Waals surface area contributed by atoms with Crippen LogP contribution < -0.4 is 4.74 Å². The van der Waals surface area contributed by atoms with E-state index in [4.69, 9.17) is 14.6 Å². The molecule has 3 aromatic rings. The molecule has 1 fully saturated rings. The molecule has 1 aliphatic heterocycles. The molecule has 1 aliphatic rings. The van der Waals surface area contributed by atoms with Gasteiger partial charge in [-0.3, -0.25) is 0 Å².